The Morgan fingerprint density at radius 1 is 1.41 bits per heavy atom. The summed E-state index contributed by atoms with van der Waals surface area (Å²) < 4.78 is 0. The van der Waals surface area contributed by atoms with E-state index in [0.29, 0.717) is 0 Å². The molecule has 0 heterocycles. The Kier molecular flexibility index (Phi) is 4.30. The Morgan fingerprint density at radius 3 is 2.76 bits per heavy atom. The SMILES string of the molecule is CCCN(Cc1ccc(Cl)cc1N)CC1CC1. The molecule has 17 heavy (non-hydrogen) atoms. The maximum Gasteiger partial charge on any atom is 0.0426 e. The van der Waals surface area contributed by atoms with Crippen LogP contribution in [-0.4, -0.2) is 18.0 Å². The summed E-state index contributed by atoms with van der Waals surface area (Å²) in [5.74, 6) is 0.926. The number of nitrogens with zero attached hydrogens (tertiary/aromatic N) is 1. The van der Waals surface area contributed by atoms with E-state index >= 15 is 0 Å². The van der Waals surface area contributed by atoms with Gasteiger partial charge in [0.1, 0.15) is 0 Å². The lowest BCUT2D eigenvalue weighted by molar-refractivity contribution is 0.255. The molecule has 0 aromatic heterocycles. The van der Waals surface area contributed by atoms with Crippen molar-refractivity contribution < 1.29 is 0 Å². The number of nitrogen functional groups attached to an aromatic ring is 1. The molecule has 0 aliphatic heterocycles. The van der Waals surface area contributed by atoms with Crippen LogP contribution in [0.25, 0.3) is 0 Å². The lowest BCUT2D eigenvalue weighted by Gasteiger charge is -2.22. The first kappa shape index (κ1) is 12.7. The van der Waals surface area contributed by atoms with Crippen LogP contribution in [0.15, 0.2) is 18.2 Å². The maximum atomic E-state index is 6.00. The van der Waals surface area contributed by atoms with Gasteiger partial charge in [-0.05, 0) is 49.4 Å². The Balaban J connectivity index is 1.99. The van der Waals surface area contributed by atoms with Gasteiger partial charge in [-0.25, -0.2) is 0 Å². The van der Waals surface area contributed by atoms with Crippen LogP contribution in [0.3, 0.4) is 0 Å². The second-order valence-electron chi connectivity index (χ2n) is 5.02. The molecule has 1 aromatic rings. The smallest absolute Gasteiger partial charge is 0.0426 e. The van der Waals surface area contributed by atoms with Crippen molar-refractivity contribution in [2.75, 3.05) is 18.8 Å². The van der Waals surface area contributed by atoms with Crippen molar-refractivity contribution in [3.05, 3.63) is 28.8 Å². The van der Waals surface area contributed by atoms with Gasteiger partial charge in [-0.1, -0.05) is 24.6 Å². The predicted octanol–water partition coefficient (Wildman–Crippen LogP) is 3.54. The van der Waals surface area contributed by atoms with Crippen LogP contribution in [0.4, 0.5) is 5.69 Å². The molecular formula is C14H21ClN2. The first-order valence-electron chi connectivity index (χ1n) is 6.45. The van der Waals surface area contributed by atoms with E-state index in [1.165, 1.54) is 31.4 Å². The van der Waals surface area contributed by atoms with E-state index in [1.807, 2.05) is 18.2 Å². The number of halogens is 1. The van der Waals surface area contributed by atoms with Crippen molar-refractivity contribution >= 4 is 17.3 Å². The molecule has 2 nitrogen and oxygen atoms in total. The normalized spacial score (nSPS) is 15.5. The third-order valence-corrected chi connectivity index (χ3v) is 3.49. The Bertz CT molecular complexity index is 374. The fourth-order valence-electron chi connectivity index (χ4n) is 2.17. The topological polar surface area (TPSA) is 29.3 Å². The van der Waals surface area contributed by atoms with Crippen LogP contribution in [0.2, 0.25) is 5.02 Å². The molecule has 0 spiro atoms. The minimum Gasteiger partial charge on any atom is -0.398 e. The van der Waals surface area contributed by atoms with Crippen molar-refractivity contribution in [2.45, 2.75) is 32.7 Å². The molecule has 0 saturated heterocycles. The second kappa shape index (κ2) is 5.74. The molecule has 0 atom stereocenters. The highest BCUT2D eigenvalue weighted by Gasteiger charge is 2.24. The highest BCUT2D eigenvalue weighted by molar-refractivity contribution is 6.30. The first-order valence-corrected chi connectivity index (χ1v) is 6.83. The van der Waals surface area contributed by atoms with E-state index in [-0.39, 0.29) is 0 Å². The third kappa shape index (κ3) is 3.90. The molecule has 1 aromatic carbocycles. The number of anilines is 1. The summed E-state index contributed by atoms with van der Waals surface area (Å²) in [6.45, 7) is 5.55. The zero-order valence-corrected chi connectivity index (χ0v) is 11.2. The average Bonchev–Trinajstić information content (AvgIpc) is 3.06. The minimum absolute atomic E-state index is 0.718. The zero-order valence-electron chi connectivity index (χ0n) is 10.5. The molecule has 0 radical (unpaired) electrons. The van der Waals surface area contributed by atoms with Crippen molar-refractivity contribution in [3.63, 3.8) is 0 Å². The molecule has 0 bridgehead atoms. The van der Waals surface area contributed by atoms with Gasteiger partial charge in [0.15, 0.2) is 0 Å². The quantitative estimate of drug-likeness (QED) is 0.785. The second-order valence-corrected chi connectivity index (χ2v) is 5.46. The fraction of sp³-hybridized carbons (Fsp3) is 0.571. The monoisotopic (exact) mass is 252 g/mol. The van der Waals surface area contributed by atoms with E-state index in [4.69, 9.17) is 17.3 Å². The van der Waals surface area contributed by atoms with Crippen LogP contribution >= 0.6 is 11.6 Å². The maximum absolute atomic E-state index is 6.00. The number of benzene rings is 1. The Labute approximate surface area is 109 Å². The van der Waals surface area contributed by atoms with Gasteiger partial charge in [-0.15, -0.1) is 0 Å². The molecule has 1 aliphatic rings. The van der Waals surface area contributed by atoms with Crippen LogP contribution in [0.1, 0.15) is 31.7 Å². The van der Waals surface area contributed by atoms with Crippen LogP contribution < -0.4 is 5.73 Å². The number of hydrogen-bond donors (Lipinski definition) is 1. The fourth-order valence-corrected chi connectivity index (χ4v) is 2.35. The number of rotatable bonds is 6. The predicted molar refractivity (Wildman–Crippen MR) is 74.2 cm³/mol. The first-order chi connectivity index (χ1) is 8.19. The largest absolute Gasteiger partial charge is 0.398 e. The van der Waals surface area contributed by atoms with Gasteiger partial charge in [0.05, 0.1) is 0 Å². The standard InChI is InChI=1S/C14H21ClN2/c1-2-7-17(9-11-3-4-11)10-12-5-6-13(15)8-14(12)16/h5-6,8,11H,2-4,7,9-10,16H2,1H3. The van der Waals surface area contributed by atoms with E-state index in [9.17, 15) is 0 Å². The minimum atomic E-state index is 0.718. The summed E-state index contributed by atoms with van der Waals surface area (Å²) in [5, 5.41) is 0.718. The molecule has 3 heteroatoms. The van der Waals surface area contributed by atoms with E-state index in [0.717, 1.165) is 29.7 Å². The number of nitrogens with two attached hydrogens (primary N) is 1. The van der Waals surface area contributed by atoms with Gasteiger partial charge in [-0.2, -0.15) is 0 Å². The van der Waals surface area contributed by atoms with Crippen molar-refractivity contribution in [1.82, 2.24) is 4.90 Å². The zero-order chi connectivity index (χ0) is 12.3. The summed E-state index contributed by atoms with van der Waals surface area (Å²) in [7, 11) is 0. The van der Waals surface area contributed by atoms with Crippen molar-refractivity contribution in [1.29, 1.82) is 0 Å². The van der Waals surface area contributed by atoms with E-state index in [2.05, 4.69) is 11.8 Å². The van der Waals surface area contributed by atoms with E-state index < -0.39 is 0 Å². The summed E-state index contributed by atoms with van der Waals surface area (Å²) in [6, 6.07) is 5.82. The van der Waals surface area contributed by atoms with Crippen molar-refractivity contribution in [2.24, 2.45) is 5.92 Å². The van der Waals surface area contributed by atoms with Crippen LogP contribution in [0, 0.1) is 5.92 Å². The van der Waals surface area contributed by atoms with Gasteiger partial charge < -0.3 is 5.73 Å². The van der Waals surface area contributed by atoms with E-state index in [1.54, 1.807) is 0 Å². The molecule has 1 fully saturated rings. The van der Waals surface area contributed by atoms with Gasteiger partial charge in [0.25, 0.3) is 0 Å². The molecular weight excluding hydrogens is 232 g/mol. The lowest BCUT2D eigenvalue weighted by Crippen LogP contribution is -2.26. The molecule has 1 saturated carbocycles. The van der Waals surface area contributed by atoms with Gasteiger partial charge in [-0.3, -0.25) is 4.90 Å². The molecule has 2 rings (SSSR count). The summed E-state index contributed by atoms with van der Waals surface area (Å²) in [5.41, 5.74) is 8.01. The summed E-state index contributed by atoms with van der Waals surface area (Å²) in [4.78, 5) is 2.51. The molecule has 94 valence electrons. The third-order valence-electron chi connectivity index (χ3n) is 3.26. The summed E-state index contributed by atoms with van der Waals surface area (Å²) >= 11 is 5.92. The highest BCUT2D eigenvalue weighted by Crippen LogP contribution is 2.30. The summed E-state index contributed by atoms with van der Waals surface area (Å²) in [6.07, 6.45) is 3.99. The average molecular weight is 253 g/mol. The van der Waals surface area contributed by atoms with Crippen LogP contribution in [-0.2, 0) is 6.54 Å². The molecule has 1 aliphatic carbocycles. The van der Waals surface area contributed by atoms with Gasteiger partial charge >= 0.3 is 0 Å². The molecule has 0 amide bonds. The van der Waals surface area contributed by atoms with Crippen molar-refractivity contribution in [3.8, 4) is 0 Å². The molecule has 0 unspecified atom stereocenters. The lowest BCUT2D eigenvalue weighted by atomic mass is 10.1. The van der Waals surface area contributed by atoms with Gasteiger partial charge in [0.2, 0.25) is 0 Å². The number of hydrogen-bond acceptors (Lipinski definition) is 2. The van der Waals surface area contributed by atoms with Crippen LogP contribution in [0.5, 0.6) is 0 Å². The highest BCUT2D eigenvalue weighted by atomic mass is 35.5. The molecule has 2 N–H and O–H groups in total. The Hall–Kier alpha value is -0.730. The Morgan fingerprint density at radius 2 is 2.18 bits per heavy atom. The van der Waals surface area contributed by atoms with Gasteiger partial charge in [0, 0.05) is 23.8 Å².